The fraction of sp³-hybridized carbons (Fsp3) is 0.130. The first-order valence-corrected chi connectivity index (χ1v) is 9.83. The number of rotatable bonds is 4. The van der Waals surface area contributed by atoms with Gasteiger partial charge in [0.2, 0.25) is 0 Å². The molecule has 0 saturated carbocycles. The van der Waals surface area contributed by atoms with E-state index in [1.54, 1.807) is 6.20 Å². The molecule has 2 aromatic heterocycles. The van der Waals surface area contributed by atoms with E-state index in [2.05, 4.69) is 37.8 Å². The molecule has 0 bridgehead atoms. The molecule has 30 heavy (non-hydrogen) atoms. The Balaban J connectivity index is 1.60. The highest BCUT2D eigenvalue weighted by atomic mass is 16.1. The highest BCUT2D eigenvalue weighted by molar-refractivity contribution is 5.62. The molecule has 2 N–H and O–H groups in total. The van der Waals surface area contributed by atoms with Crippen LogP contribution in [0.15, 0.2) is 100 Å². The second-order valence-electron chi connectivity index (χ2n) is 7.16. The van der Waals surface area contributed by atoms with Gasteiger partial charge in [-0.1, -0.05) is 54.6 Å². The van der Waals surface area contributed by atoms with E-state index in [9.17, 15) is 4.79 Å². The number of azo groups is 1. The first-order chi connectivity index (χ1) is 14.8. The van der Waals surface area contributed by atoms with E-state index in [1.165, 1.54) is 0 Å². The Bertz CT molecular complexity index is 1220. The van der Waals surface area contributed by atoms with Gasteiger partial charge in [0.1, 0.15) is 0 Å². The lowest BCUT2D eigenvalue weighted by atomic mass is 9.95. The number of aromatic amines is 1. The predicted molar refractivity (Wildman–Crippen MR) is 115 cm³/mol. The second kappa shape index (κ2) is 7.79. The molecule has 7 heteroatoms. The molecule has 4 aromatic rings. The Hall–Kier alpha value is -4.00. The monoisotopic (exact) mass is 396 g/mol. The Morgan fingerprint density at radius 3 is 2.37 bits per heavy atom. The zero-order chi connectivity index (χ0) is 20.3. The summed E-state index contributed by atoms with van der Waals surface area (Å²) in [5.74, 6) is 0.621. The van der Waals surface area contributed by atoms with Crippen LogP contribution >= 0.6 is 0 Å². The van der Waals surface area contributed by atoms with Crippen molar-refractivity contribution in [1.29, 1.82) is 0 Å². The van der Waals surface area contributed by atoms with Gasteiger partial charge < -0.3 is 5.32 Å². The standard InChI is InChI=1S/C23H20N6O/c30-23-21(27-26-17-11-5-2-6-12-17)22-25-19(18-13-7-8-14-24-18)15-20(29(22)28-23)16-9-3-1-4-10-16/h1-14,19-20,25H,15H2,(H,28,30). The number of nitrogens with zero attached hydrogens (tertiary/aromatic N) is 4. The molecule has 7 nitrogen and oxygen atoms in total. The third kappa shape index (κ3) is 3.41. The van der Waals surface area contributed by atoms with Crippen LogP contribution in [0.25, 0.3) is 0 Å². The highest BCUT2D eigenvalue weighted by Gasteiger charge is 2.32. The molecule has 2 unspecified atom stereocenters. The van der Waals surface area contributed by atoms with Crippen molar-refractivity contribution in [2.24, 2.45) is 10.2 Å². The minimum atomic E-state index is -0.278. The Morgan fingerprint density at radius 1 is 0.900 bits per heavy atom. The van der Waals surface area contributed by atoms with Crippen molar-refractivity contribution in [2.75, 3.05) is 5.32 Å². The Kier molecular flexibility index (Phi) is 4.69. The van der Waals surface area contributed by atoms with E-state index in [0.29, 0.717) is 11.5 Å². The largest absolute Gasteiger partial charge is 0.360 e. The number of aromatic nitrogens is 3. The molecule has 1 aliphatic heterocycles. The van der Waals surface area contributed by atoms with Crippen LogP contribution in [-0.2, 0) is 0 Å². The van der Waals surface area contributed by atoms with E-state index in [0.717, 1.165) is 17.7 Å². The molecule has 148 valence electrons. The molecule has 2 atom stereocenters. The van der Waals surface area contributed by atoms with Gasteiger partial charge in [-0.3, -0.25) is 19.6 Å². The molecular weight excluding hydrogens is 376 g/mol. The number of anilines is 1. The summed E-state index contributed by atoms with van der Waals surface area (Å²) in [4.78, 5) is 17.3. The van der Waals surface area contributed by atoms with E-state index in [4.69, 9.17) is 0 Å². The Morgan fingerprint density at radius 2 is 1.63 bits per heavy atom. The van der Waals surface area contributed by atoms with E-state index in [1.807, 2.05) is 71.4 Å². The summed E-state index contributed by atoms with van der Waals surface area (Å²) in [5.41, 5.74) is 2.71. The first-order valence-electron chi connectivity index (χ1n) is 9.83. The van der Waals surface area contributed by atoms with Crippen LogP contribution in [0.2, 0.25) is 0 Å². The van der Waals surface area contributed by atoms with E-state index >= 15 is 0 Å². The molecule has 0 fully saturated rings. The van der Waals surface area contributed by atoms with Crippen LogP contribution in [0, 0.1) is 0 Å². The fourth-order valence-electron chi connectivity index (χ4n) is 3.80. The zero-order valence-electron chi connectivity index (χ0n) is 16.1. The summed E-state index contributed by atoms with van der Waals surface area (Å²) >= 11 is 0. The summed E-state index contributed by atoms with van der Waals surface area (Å²) in [7, 11) is 0. The zero-order valence-corrected chi connectivity index (χ0v) is 16.1. The van der Waals surface area contributed by atoms with Crippen molar-refractivity contribution in [1.82, 2.24) is 14.8 Å². The number of H-pyrrole nitrogens is 1. The van der Waals surface area contributed by atoms with Gasteiger partial charge in [-0.15, -0.1) is 5.11 Å². The van der Waals surface area contributed by atoms with Gasteiger partial charge in [0.25, 0.3) is 5.56 Å². The number of fused-ring (bicyclic) bond motifs is 1. The van der Waals surface area contributed by atoms with Crippen molar-refractivity contribution >= 4 is 17.2 Å². The van der Waals surface area contributed by atoms with Crippen molar-refractivity contribution in [3.63, 3.8) is 0 Å². The molecule has 1 aliphatic rings. The topological polar surface area (TPSA) is 87.4 Å². The van der Waals surface area contributed by atoms with Crippen molar-refractivity contribution in [2.45, 2.75) is 18.5 Å². The molecule has 0 radical (unpaired) electrons. The van der Waals surface area contributed by atoms with Crippen LogP contribution in [0.1, 0.15) is 29.8 Å². The summed E-state index contributed by atoms with van der Waals surface area (Å²) < 4.78 is 1.86. The van der Waals surface area contributed by atoms with Crippen LogP contribution in [0.3, 0.4) is 0 Å². The van der Waals surface area contributed by atoms with Gasteiger partial charge in [0, 0.05) is 6.20 Å². The third-order valence-electron chi connectivity index (χ3n) is 5.23. The number of hydrogen-bond donors (Lipinski definition) is 2. The molecule has 0 aliphatic carbocycles. The minimum Gasteiger partial charge on any atom is -0.360 e. The maximum atomic E-state index is 12.8. The summed E-state index contributed by atoms with van der Waals surface area (Å²) in [6.45, 7) is 0. The molecule has 5 rings (SSSR count). The number of pyridine rings is 1. The molecular formula is C23H20N6O. The molecule has 2 aromatic carbocycles. The normalized spacial score (nSPS) is 18.1. The lowest BCUT2D eigenvalue weighted by molar-refractivity contribution is 0.427. The van der Waals surface area contributed by atoms with Gasteiger partial charge in [-0.25, -0.2) is 0 Å². The Labute approximate surface area is 173 Å². The van der Waals surface area contributed by atoms with Crippen LogP contribution in [-0.4, -0.2) is 14.8 Å². The molecule has 0 amide bonds. The van der Waals surface area contributed by atoms with Gasteiger partial charge >= 0.3 is 0 Å². The first kappa shape index (κ1) is 18.1. The average molecular weight is 396 g/mol. The van der Waals surface area contributed by atoms with Gasteiger partial charge in [0.05, 0.1) is 23.5 Å². The summed E-state index contributed by atoms with van der Waals surface area (Å²) in [6, 6.07) is 25.2. The predicted octanol–water partition coefficient (Wildman–Crippen LogP) is 5.13. The maximum Gasteiger partial charge on any atom is 0.294 e. The van der Waals surface area contributed by atoms with Gasteiger partial charge in [0.15, 0.2) is 11.5 Å². The summed E-state index contributed by atoms with van der Waals surface area (Å²) in [6.07, 6.45) is 2.53. The highest BCUT2D eigenvalue weighted by Crippen LogP contribution is 2.40. The van der Waals surface area contributed by atoms with Crippen molar-refractivity contribution in [3.8, 4) is 0 Å². The van der Waals surface area contributed by atoms with Gasteiger partial charge in [-0.2, -0.15) is 5.11 Å². The van der Waals surface area contributed by atoms with Crippen molar-refractivity contribution < 1.29 is 0 Å². The number of nitrogens with one attached hydrogen (secondary N) is 2. The van der Waals surface area contributed by atoms with Crippen molar-refractivity contribution in [3.05, 3.63) is 107 Å². The SMILES string of the molecule is O=c1[nH]n2c(c1N=Nc1ccccc1)NC(c1ccccn1)CC2c1ccccc1. The molecule has 0 saturated heterocycles. The maximum absolute atomic E-state index is 12.8. The van der Waals surface area contributed by atoms with Crippen LogP contribution < -0.4 is 10.9 Å². The quantitative estimate of drug-likeness (QED) is 0.469. The fourth-order valence-corrected chi connectivity index (χ4v) is 3.80. The number of benzene rings is 2. The third-order valence-corrected chi connectivity index (χ3v) is 5.23. The van der Waals surface area contributed by atoms with Crippen LogP contribution in [0.4, 0.5) is 17.2 Å². The summed E-state index contributed by atoms with van der Waals surface area (Å²) in [5, 5.41) is 14.9. The minimum absolute atomic E-state index is 0.0529. The lowest BCUT2D eigenvalue weighted by Crippen LogP contribution is -2.28. The van der Waals surface area contributed by atoms with E-state index in [-0.39, 0.29) is 23.3 Å². The average Bonchev–Trinajstić information content (AvgIpc) is 3.13. The molecule has 3 heterocycles. The van der Waals surface area contributed by atoms with E-state index < -0.39 is 0 Å². The van der Waals surface area contributed by atoms with Crippen LogP contribution in [0.5, 0.6) is 0 Å². The second-order valence-corrected chi connectivity index (χ2v) is 7.16. The lowest BCUT2D eigenvalue weighted by Gasteiger charge is -2.32. The number of hydrogen-bond acceptors (Lipinski definition) is 5. The smallest absolute Gasteiger partial charge is 0.294 e. The molecule has 0 spiro atoms. The van der Waals surface area contributed by atoms with Gasteiger partial charge in [-0.05, 0) is 36.2 Å².